The van der Waals surface area contributed by atoms with Gasteiger partial charge in [0, 0.05) is 11.5 Å². The molecule has 1 amide bonds. The van der Waals surface area contributed by atoms with Crippen molar-refractivity contribution >= 4 is 45.2 Å². The van der Waals surface area contributed by atoms with Crippen molar-refractivity contribution in [1.29, 1.82) is 0 Å². The van der Waals surface area contributed by atoms with E-state index in [9.17, 15) is 4.79 Å². The van der Waals surface area contributed by atoms with Crippen LogP contribution in [0.2, 0.25) is 0 Å². The first-order valence-corrected chi connectivity index (χ1v) is 8.58. The fraction of sp³-hybridized carbons (Fsp3) is 0.267. The average Bonchev–Trinajstić information content (AvgIpc) is 3.10. The second-order valence-corrected chi connectivity index (χ2v) is 6.86. The van der Waals surface area contributed by atoms with Gasteiger partial charge in [-0.3, -0.25) is 4.79 Å². The summed E-state index contributed by atoms with van der Waals surface area (Å²) in [5, 5.41) is 19.4. The van der Waals surface area contributed by atoms with E-state index < -0.39 is 0 Å². The number of rotatable bonds is 3. The highest BCUT2D eigenvalue weighted by Gasteiger charge is 2.15. The number of nitrogens with zero attached hydrogens (tertiary/aromatic N) is 4. The number of hydrogen-bond acceptors (Lipinski definition) is 6. The van der Waals surface area contributed by atoms with Crippen molar-refractivity contribution in [2.45, 2.75) is 20.8 Å². The van der Waals surface area contributed by atoms with Crippen molar-refractivity contribution < 1.29 is 4.79 Å². The Bertz CT molecular complexity index is 914. The zero-order valence-electron chi connectivity index (χ0n) is 13.4. The Morgan fingerprint density at radius 3 is 2.75 bits per heavy atom. The molecule has 0 aliphatic rings. The van der Waals surface area contributed by atoms with Crippen LogP contribution in [0, 0.1) is 12.8 Å². The van der Waals surface area contributed by atoms with Crippen molar-refractivity contribution in [1.82, 2.24) is 25.1 Å². The molecule has 0 unspecified atom stereocenters. The number of amides is 1. The van der Waals surface area contributed by atoms with Crippen LogP contribution in [-0.2, 0) is 4.79 Å². The third-order valence-corrected chi connectivity index (χ3v) is 4.45. The van der Waals surface area contributed by atoms with Crippen LogP contribution >= 0.6 is 23.6 Å². The monoisotopic (exact) mass is 360 g/mol. The summed E-state index contributed by atoms with van der Waals surface area (Å²) in [5.41, 5.74) is 1.66. The maximum atomic E-state index is 11.8. The van der Waals surface area contributed by atoms with Crippen LogP contribution in [0.5, 0.6) is 0 Å². The quantitative estimate of drug-likeness (QED) is 0.699. The SMILES string of the molecule is Cc1nnc2sc(-c3ccccc3NC(=S)NC(=O)C(C)C)nn12. The van der Waals surface area contributed by atoms with Crippen molar-refractivity contribution in [3.8, 4) is 10.6 Å². The van der Waals surface area contributed by atoms with Crippen LogP contribution in [0.25, 0.3) is 15.5 Å². The molecule has 0 radical (unpaired) electrons. The van der Waals surface area contributed by atoms with E-state index in [4.69, 9.17) is 12.2 Å². The number of thiocarbonyl (C=S) groups is 1. The second kappa shape index (κ2) is 6.62. The molecule has 7 nitrogen and oxygen atoms in total. The lowest BCUT2D eigenvalue weighted by Crippen LogP contribution is -2.36. The second-order valence-electron chi connectivity index (χ2n) is 5.49. The highest BCUT2D eigenvalue weighted by molar-refractivity contribution is 7.80. The highest BCUT2D eigenvalue weighted by Crippen LogP contribution is 2.31. The molecule has 0 bridgehead atoms. The Kier molecular flexibility index (Phi) is 4.54. The molecule has 0 saturated heterocycles. The Morgan fingerprint density at radius 2 is 2.04 bits per heavy atom. The zero-order valence-corrected chi connectivity index (χ0v) is 15.0. The first-order chi connectivity index (χ1) is 11.5. The van der Waals surface area contributed by atoms with Gasteiger partial charge in [-0.25, -0.2) is 0 Å². The molecule has 0 aliphatic heterocycles. The molecule has 24 heavy (non-hydrogen) atoms. The number of aryl methyl sites for hydroxylation is 1. The number of hydrogen-bond donors (Lipinski definition) is 2. The maximum Gasteiger partial charge on any atom is 0.234 e. The summed E-state index contributed by atoms with van der Waals surface area (Å²) in [6.45, 7) is 5.48. The molecule has 0 spiro atoms. The highest BCUT2D eigenvalue weighted by atomic mass is 32.1. The predicted molar refractivity (Wildman–Crippen MR) is 98.0 cm³/mol. The maximum absolute atomic E-state index is 11.8. The number of aromatic nitrogens is 4. The van der Waals surface area contributed by atoms with E-state index in [2.05, 4.69) is 25.9 Å². The van der Waals surface area contributed by atoms with Gasteiger partial charge in [-0.1, -0.05) is 37.3 Å². The van der Waals surface area contributed by atoms with E-state index in [1.54, 1.807) is 4.52 Å². The van der Waals surface area contributed by atoms with Gasteiger partial charge in [-0.15, -0.1) is 10.2 Å². The summed E-state index contributed by atoms with van der Waals surface area (Å²) in [7, 11) is 0. The van der Waals surface area contributed by atoms with Crippen LogP contribution in [0.15, 0.2) is 24.3 Å². The van der Waals surface area contributed by atoms with Gasteiger partial charge in [-0.2, -0.15) is 9.61 Å². The lowest BCUT2D eigenvalue weighted by atomic mass is 10.2. The number of para-hydroxylation sites is 1. The first kappa shape index (κ1) is 16.5. The minimum absolute atomic E-state index is 0.126. The third kappa shape index (κ3) is 3.26. The molecule has 2 heterocycles. The van der Waals surface area contributed by atoms with E-state index in [0.717, 1.165) is 27.0 Å². The van der Waals surface area contributed by atoms with Crippen LogP contribution in [0.4, 0.5) is 5.69 Å². The molecule has 124 valence electrons. The summed E-state index contributed by atoms with van der Waals surface area (Å²) >= 11 is 6.66. The standard InChI is InChI=1S/C15H16N6OS2/c1-8(2)12(22)17-14(23)16-11-7-5-4-6-10(11)13-20-21-9(3)18-19-15(21)24-13/h4-8H,1-3H3,(H2,16,17,22,23). The fourth-order valence-electron chi connectivity index (χ4n) is 2.01. The van der Waals surface area contributed by atoms with Crippen molar-refractivity contribution in [2.75, 3.05) is 5.32 Å². The van der Waals surface area contributed by atoms with Gasteiger partial charge in [0.15, 0.2) is 10.9 Å². The Morgan fingerprint density at radius 1 is 1.29 bits per heavy atom. The van der Waals surface area contributed by atoms with Gasteiger partial charge < -0.3 is 10.6 Å². The van der Waals surface area contributed by atoms with Gasteiger partial charge in [0.25, 0.3) is 0 Å². The van der Waals surface area contributed by atoms with E-state index in [1.807, 2.05) is 45.0 Å². The lowest BCUT2D eigenvalue weighted by Gasteiger charge is -2.13. The molecule has 0 fully saturated rings. The van der Waals surface area contributed by atoms with Crippen LogP contribution in [-0.4, -0.2) is 30.8 Å². The summed E-state index contributed by atoms with van der Waals surface area (Å²) in [5.74, 6) is 0.472. The zero-order chi connectivity index (χ0) is 17.3. The Balaban J connectivity index is 1.87. The minimum atomic E-state index is -0.137. The van der Waals surface area contributed by atoms with E-state index in [-0.39, 0.29) is 16.9 Å². The smallest absolute Gasteiger partial charge is 0.234 e. The Hall–Kier alpha value is -2.39. The van der Waals surface area contributed by atoms with Gasteiger partial charge in [0.2, 0.25) is 10.9 Å². The van der Waals surface area contributed by atoms with Gasteiger partial charge >= 0.3 is 0 Å². The van der Waals surface area contributed by atoms with E-state index in [1.165, 1.54) is 11.3 Å². The number of carbonyl (C=O) groups excluding carboxylic acids is 1. The molecular weight excluding hydrogens is 344 g/mol. The van der Waals surface area contributed by atoms with Crippen LogP contribution < -0.4 is 10.6 Å². The van der Waals surface area contributed by atoms with Crippen molar-refractivity contribution in [3.05, 3.63) is 30.1 Å². The number of fused-ring (bicyclic) bond motifs is 1. The van der Waals surface area contributed by atoms with Crippen LogP contribution in [0.1, 0.15) is 19.7 Å². The first-order valence-electron chi connectivity index (χ1n) is 7.36. The summed E-state index contributed by atoms with van der Waals surface area (Å²) < 4.78 is 1.70. The average molecular weight is 360 g/mol. The topological polar surface area (TPSA) is 84.2 Å². The molecule has 0 aliphatic carbocycles. The molecular formula is C15H16N6OS2. The molecule has 2 aromatic heterocycles. The lowest BCUT2D eigenvalue weighted by molar-refractivity contribution is -0.122. The largest absolute Gasteiger partial charge is 0.332 e. The molecule has 0 saturated carbocycles. The number of carbonyl (C=O) groups is 1. The van der Waals surface area contributed by atoms with E-state index in [0.29, 0.717) is 0 Å². The molecule has 1 aromatic carbocycles. The molecule has 9 heteroatoms. The summed E-state index contributed by atoms with van der Waals surface area (Å²) in [6.07, 6.45) is 0. The fourth-order valence-corrected chi connectivity index (χ4v) is 3.15. The summed E-state index contributed by atoms with van der Waals surface area (Å²) in [6, 6.07) is 7.64. The van der Waals surface area contributed by atoms with E-state index >= 15 is 0 Å². The van der Waals surface area contributed by atoms with Gasteiger partial charge in [0.1, 0.15) is 5.01 Å². The van der Waals surface area contributed by atoms with Crippen molar-refractivity contribution in [3.63, 3.8) is 0 Å². The minimum Gasteiger partial charge on any atom is -0.332 e. The predicted octanol–water partition coefficient (Wildman–Crippen LogP) is 2.63. The molecule has 3 aromatic rings. The number of nitrogens with one attached hydrogen (secondary N) is 2. The van der Waals surface area contributed by atoms with Crippen LogP contribution in [0.3, 0.4) is 0 Å². The van der Waals surface area contributed by atoms with Gasteiger partial charge in [0.05, 0.1) is 5.69 Å². The normalized spacial score (nSPS) is 11.0. The number of benzene rings is 1. The molecule has 0 atom stereocenters. The van der Waals surface area contributed by atoms with Crippen molar-refractivity contribution in [2.24, 2.45) is 5.92 Å². The molecule has 3 rings (SSSR count). The Labute approximate surface area is 148 Å². The number of anilines is 1. The third-order valence-electron chi connectivity index (χ3n) is 3.31. The molecule has 2 N–H and O–H groups in total. The van der Waals surface area contributed by atoms with Gasteiger partial charge in [-0.05, 0) is 31.3 Å². The summed E-state index contributed by atoms with van der Waals surface area (Å²) in [4.78, 5) is 12.5.